The maximum Gasteiger partial charge on any atom is 0.413 e. The Kier molecular flexibility index (Phi) is 5.13. The SMILES string of the molecule is CCOC(=O)N(C)c1ccc(NC(=O)C(C)(C)C)cc1. The van der Waals surface area contributed by atoms with E-state index in [9.17, 15) is 9.59 Å². The molecule has 0 aliphatic carbocycles. The normalized spacial score (nSPS) is 10.8. The number of benzene rings is 1. The van der Waals surface area contributed by atoms with Crippen molar-refractivity contribution >= 4 is 23.4 Å². The van der Waals surface area contributed by atoms with Crippen molar-refractivity contribution in [2.24, 2.45) is 5.41 Å². The first-order valence-electron chi connectivity index (χ1n) is 6.57. The van der Waals surface area contributed by atoms with E-state index >= 15 is 0 Å². The molecular weight excluding hydrogens is 256 g/mol. The molecule has 0 bridgehead atoms. The molecule has 110 valence electrons. The number of hydrogen-bond acceptors (Lipinski definition) is 3. The lowest BCUT2D eigenvalue weighted by molar-refractivity contribution is -0.123. The maximum atomic E-state index is 11.9. The summed E-state index contributed by atoms with van der Waals surface area (Å²) in [7, 11) is 1.64. The summed E-state index contributed by atoms with van der Waals surface area (Å²) in [6, 6.07) is 7.04. The number of rotatable bonds is 3. The number of nitrogens with zero attached hydrogens (tertiary/aromatic N) is 1. The van der Waals surface area contributed by atoms with Gasteiger partial charge in [-0.2, -0.15) is 0 Å². The average molecular weight is 278 g/mol. The average Bonchev–Trinajstić information content (AvgIpc) is 2.38. The first-order chi connectivity index (χ1) is 9.25. The molecule has 5 nitrogen and oxygen atoms in total. The van der Waals surface area contributed by atoms with Crippen molar-refractivity contribution in [3.05, 3.63) is 24.3 Å². The summed E-state index contributed by atoms with van der Waals surface area (Å²) >= 11 is 0. The largest absolute Gasteiger partial charge is 0.449 e. The minimum atomic E-state index is -0.444. The molecule has 1 N–H and O–H groups in total. The van der Waals surface area contributed by atoms with Crippen molar-refractivity contribution in [1.82, 2.24) is 0 Å². The highest BCUT2D eigenvalue weighted by Gasteiger charge is 2.21. The Labute approximate surface area is 119 Å². The van der Waals surface area contributed by atoms with Crippen LogP contribution < -0.4 is 10.2 Å². The molecule has 20 heavy (non-hydrogen) atoms. The lowest BCUT2D eigenvalue weighted by atomic mass is 9.95. The smallest absolute Gasteiger partial charge is 0.413 e. The van der Waals surface area contributed by atoms with Gasteiger partial charge in [0.25, 0.3) is 0 Å². The molecule has 2 amide bonds. The van der Waals surface area contributed by atoms with E-state index in [1.165, 1.54) is 4.90 Å². The number of anilines is 2. The molecule has 1 rings (SSSR count). The third kappa shape index (κ3) is 4.26. The predicted octanol–water partition coefficient (Wildman–Crippen LogP) is 3.26. The number of ether oxygens (including phenoxy) is 1. The summed E-state index contributed by atoms with van der Waals surface area (Å²) in [6.07, 6.45) is -0.404. The molecule has 0 fully saturated rings. The minimum absolute atomic E-state index is 0.0519. The van der Waals surface area contributed by atoms with Gasteiger partial charge in [0.1, 0.15) is 0 Å². The fraction of sp³-hybridized carbons (Fsp3) is 0.467. The van der Waals surface area contributed by atoms with Crippen molar-refractivity contribution in [3.8, 4) is 0 Å². The third-order valence-corrected chi connectivity index (χ3v) is 2.74. The van der Waals surface area contributed by atoms with E-state index in [0.717, 1.165) is 0 Å². The molecule has 0 radical (unpaired) electrons. The monoisotopic (exact) mass is 278 g/mol. The van der Waals surface area contributed by atoms with Crippen molar-refractivity contribution in [2.75, 3.05) is 23.9 Å². The fourth-order valence-electron chi connectivity index (χ4n) is 1.41. The molecule has 0 aliphatic rings. The van der Waals surface area contributed by atoms with Crippen LogP contribution in [0.25, 0.3) is 0 Å². The van der Waals surface area contributed by atoms with Crippen LogP contribution in [0.5, 0.6) is 0 Å². The number of carbonyl (C=O) groups is 2. The Hall–Kier alpha value is -2.04. The first kappa shape index (κ1) is 16.0. The molecule has 0 saturated carbocycles. The van der Waals surface area contributed by atoms with Crippen LogP contribution in [0.2, 0.25) is 0 Å². The zero-order valence-corrected chi connectivity index (χ0v) is 12.7. The molecule has 0 spiro atoms. The van der Waals surface area contributed by atoms with E-state index in [1.807, 2.05) is 20.8 Å². The van der Waals surface area contributed by atoms with Crippen LogP contribution >= 0.6 is 0 Å². The van der Waals surface area contributed by atoms with Gasteiger partial charge in [0.15, 0.2) is 0 Å². The lowest BCUT2D eigenvalue weighted by Crippen LogP contribution is -2.28. The minimum Gasteiger partial charge on any atom is -0.449 e. The molecule has 1 aromatic carbocycles. The van der Waals surface area contributed by atoms with E-state index < -0.39 is 11.5 Å². The van der Waals surface area contributed by atoms with Gasteiger partial charge in [-0.3, -0.25) is 9.69 Å². The second kappa shape index (κ2) is 6.41. The Morgan fingerprint density at radius 1 is 1.20 bits per heavy atom. The summed E-state index contributed by atoms with van der Waals surface area (Å²) < 4.78 is 4.91. The van der Waals surface area contributed by atoms with Crippen molar-refractivity contribution in [1.29, 1.82) is 0 Å². The Bertz CT molecular complexity index is 475. The zero-order valence-electron chi connectivity index (χ0n) is 12.7. The standard InChI is InChI=1S/C15H22N2O3/c1-6-20-14(19)17(5)12-9-7-11(8-10-12)16-13(18)15(2,3)4/h7-10H,6H2,1-5H3,(H,16,18). The number of hydrogen-bond donors (Lipinski definition) is 1. The van der Waals surface area contributed by atoms with Gasteiger partial charge in [0, 0.05) is 23.8 Å². The molecule has 0 atom stereocenters. The topological polar surface area (TPSA) is 58.6 Å². The van der Waals surface area contributed by atoms with E-state index in [1.54, 1.807) is 38.2 Å². The molecule has 0 unspecified atom stereocenters. The second-order valence-corrected chi connectivity index (χ2v) is 5.51. The summed E-state index contributed by atoms with van der Waals surface area (Å²) in [5.41, 5.74) is 0.962. The Morgan fingerprint density at radius 2 is 1.75 bits per heavy atom. The molecule has 5 heteroatoms. The van der Waals surface area contributed by atoms with Crippen molar-refractivity contribution < 1.29 is 14.3 Å². The molecule has 0 heterocycles. The number of amides is 2. The van der Waals surface area contributed by atoms with Gasteiger partial charge in [0.05, 0.1) is 6.61 Å². The van der Waals surface area contributed by atoms with Gasteiger partial charge in [-0.05, 0) is 31.2 Å². The molecule has 0 aromatic heterocycles. The van der Waals surface area contributed by atoms with E-state index in [0.29, 0.717) is 18.0 Å². The Balaban J connectivity index is 2.74. The summed E-state index contributed by atoms with van der Waals surface area (Å²) in [5.74, 6) is -0.0519. The number of nitrogens with one attached hydrogen (secondary N) is 1. The van der Waals surface area contributed by atoms with Gasteiger partial charge in [-0.1, -0.05) is 20.8 Å². The fourth-order valence-corrected chi connectivity index (χ4v) is 1.41. The van der Waals surface area contributed by atoms with Crippen LogP contribution in [-0.2, 0) is 9.53 Å². The first-order valence-corrected chi connectivity index (χ1v) is 6.57. The second-order valence-electron chi connectivity index (χ2n) is 5.51. The van der Waals surface area contributed by atoms with Gasteiger partial charge < -0.3 is 10.1 Å². The Morgan fingerprint density at radius 3 is 2.20 bits per heavy atom. The van der Waals surface area contributed by atoms with Crippen LogP contribution in [0.4, 0.5) is 16.2 Å². The predicted molar refractivity (Wildman–Crippen MR) is 80.0 cm³/mol. The molecule has 0 aliphatic heterocycles. The van der Waals surface area contributed by atoms with Crippen LogP contribution in [0.3, 0.4) is 0 Å². The molecule has 1 aromatic rings. The lowest BCUT2D eigenvalue weighted by Gasteiger charge is -2.19. The number of carbonyl (C=O) groups excluding carboxylic acids is 2. The summed E-state index contributed by atoms with van der Waals surface area (Å²) in [6.45, 7) is 7.65. The summed E-state index contributed by atoms with van der Waals surface area (Å²) in [4.78, 5) is 24.8. The van der Waals surface area contributed by atoms with Gasteiger partial charge in [-0.25, -0.2) is 4.79 Å². The van der Waals surface area contributed by atoms with Gasteiger partial charge in [0.2, 0.25) is 5.91 Å². The quantitative estimate of drug-likeness (QED) is 0.923. The maximum absolute atomic E-state index is 11.9. The highest BCUT2D eigenvalue weighted by Crippen LogP contribution is 2.20. The third-order valence-electron chi connectivity index (χ3n) is 2.74. The highest BCUT2D eigenvalue weighted by atomic mass is 16.6. The van der Waals surface area contributed by atoms with Crippen LogP contribution in [0, 0.1) is 5.41 Å². The van der Waals surface area contributed by atoms with Gasteiger partial charge >= 0.3 is 6.09 Å². The van der Waals surface area contributed by atoms with Crippen LogP contribution in [0.15, 0.2) is 24.3 Å². The van der Waals surface area contributed by atoms with Crippen LogP contribution in [-0.4, -0.2) is 25.7 Å². The zero-order chi connectivity index (χ0) is 15.3. The highest BCUT2D eigenvalue weighted by molar-refractivity contribution is 5.95. The molecular formula is C15H22N2O3. The van der Waals surface area contributed by atoms with Crippen molar-refractivity contribution in [3.63, 3.8) is 0 Å². The van der Waals surface area contributed by atoms with E-state index in [2.05, 4.69) is 5.32 Å². The van der Waals surface area contributed by atoms with Crippen molar-refractivity contribution in [2.45, 2.75) is 27.7 Å². The van der Waals surface area contributed by atoms with Gasteiger partial charge in [-0.15, -0.1) is 0 Å². The van der Waals surface area contributed by atoms with E-state index in [4.69, 9.17) is 4.74 Å². The molecule has 0 saturated heterocycles. The summed E-state index contributed by atoms with van der Waals surface area (Å²) in [5, 5.41) is 2.83. The van der Waals surface area contributed by atoms with E-state index in [-0.39, 0.29) is 5.91 Å². The van der Waals surface area contributed by atoms with Crippen LogP contribution in [0.1, 0.15) is 27.7 Å².